The van der Waals surface area contributed by atoms with Crippen LogP contribution in [0.3, 0.4) is 0 Å². The van der Waals surface area contributed by atoms with Gasteiger partial charge >= 0.3 is 0 Å². The average Bonchev–Trinajstić information content (AvgIpc) is 3.29. The van der Waals surface area contributed by atoms with E-state index in [4.69, 9.17) is 4.99 Å². The summed E-state index contributed by atoms with van der Waals surface area (Å²) in [5.74, 6) is 0.583. The molecule has 2 nitrogen and oxygen atoms in total. The zero-order valence-electron chi connectivity index (χ0n) is 20.7. The van der Waals surface area contributed by atoms with Gasteiger partial charge in [0, 0.05) is 17.7 Å². The number of pyridine rings is 1. The third-order valence-corrected chi connectivity index (χ3v) is 7.43. The van der Waals surface area contributed by atoms with E-state index in [-0.39, 0.29) is 5.41 Å². The van der Waals surface area contributed by atoms with E-state index in [0.717, 1.165) is 12.1 Å². The van der Waals surface area contributed by atoms with Gasteiger partial charge in [-0.1, -0.05) is 71.2 Å². The second kappa shape index (κ2) is 8.56. The lowest BCUT2D eigenvalue weighted by Gasteiger charge is -2.32. The van der Waals surface area contributed by atoms with Gasteiger partial charge in [-0.25, -0.2) is 0 Å². The van der Waals surface area contributed by atoms with Crippen LogP contribution in [0.4, 0.5) is 0 Å². The maximum Gasteiger partial charge on any atom is 0.217 e. The molecule has 0 saturated heterocycles. The van der Waals surface area contributed by atoms with Crippen LogP contribution in [0, 0.1) is 18.7 Å². The highest BCUT2D eigenvalue weighted by molar-refractivity contribution is 7.11. The van der Waals surface area contributed by atoms with Crippen molar-refractivity contribution < 1.29 is 4.24 Å². The molecule has 0 amide bonds. The van der Waals surface area contributed by atoms with Gasteiger partial charge in [-0.3, -0.25) is 0 Å². The Morgan fingerprint density at radius 2 is 1.91 bits per heavy atom. The van der Waals surface area contributed by atoms with E-state index >= 15 is 0 Å². The Morgan fingerprint density at radius 1 is 1.12 bits per heavy atom. The van der Waals surface area contributed by atoms with Crippen molar-refractivity contribution >= 4 is 33.9 Å². The molecule has 0 aliphatic carbocycles. The van der Waals surface area contributed by atoms with E-state index in [1.54, 1.807) is 11.3 Å². The normalized spacial score (nSPS) is 15.3. The predicted octanol–water partition coefficient (Wildman–Crippen LogP) is 7.00. The number of thiophene rings is 1. The lowest BCUT2D eigenvalue weighted by atomic mass is 9.82. The molecule has 0 spiro atoms. The van der Waals surface area contributed by atoms with E-state index in [2.05, 4.69) is 114 Å². The molecule has 0 saturated carbocycles. The van der Waals surface area contributed by atoms with Crippen LogP contribution in [-0.4, -0.2) is 6.21 Å². The smallest absolute Gasteiger partial charge is 0.217 e. The molecule has 0 fully saturated rings. The molecular formula is C31H32N2S. The first-order valence-corrected chi connectivity index (χ1v) is 12.9. The fourth-order valence-corrected chi connectivity index (χ4v) is 5.75. The fourth-order valence-electron chi connectivity index (χ4n) is 4.80. The average molecular weight is 465 g/mol. The summed E-state index contributed by atoms with van der Waals surface area (Å²) in [6, 6.07) is 21.1. The van der Waals surface area contributed by atoms with Crippen molar-refractivity contribution in [3.05, 3.63) is 100 Å². The zero-order valence-corrected chi connectivity index (χ0v) is 21.5. The molecule has 5 rings (SSSR count). The van der Waals surface area contributed by atoms with Gasteiger partial charge in [0.2, 0.25) is 5.69 Å². The quantitative estimate of drug-likeness (QED) is 0.176. The highest BCUT2D eigenvalue weighted by atomic mass is 32.1. The molecule has 4 aromatic rings. The minimum Gasteiger partial charge on any atom is -0.449 e. The second-order valence-electron chi connectivity index (χ2n) is 10.6. The van der Waals surface area contributed by atoms with Crippen LogP contribution in [-0.2, 0) is 5.41 Å². The Kier molecular flexibility index (Phi) is 5.69. The maximum atomic E-state index is 4.89. The highest BCUT2D eigenvalue weighted by Crippen LogP contribution is 2.37. The number of aliphatic imine (C=N–C) groups is 1. The molecule has 172 valence electrons. The van der Waals surface area contributed by atoms with Crippen LogP contribution in [0.25, 0.3) is 27.6 Å². The summed E-state index contributed by atoms with van der Waals surface area (Å²) in [5, 5.41) is 5.94. The van der Waals surface area contributed by atoms with Crippen molar-refractivity contribution in [1.82, 2.24) is 0 Å². The largest absolute Gasteiger partial charge is 0.449 e. The molecule has 34 heavy (non-hydrogen) atoms. The number of hydrogen-bond donors (Lipinski definition) is 0. The summed E-state index contributed by atoms with van der Waals surface area (Å²) in [7, 11) is 0. The van der Waals surface area contributed by atoms with E-state index in [1.807, 2.05) is 4.24 Å². The fraction of sp³-hybridized carbons (Fsp3) is 0.258. The first-order valence-electron chi connectivity index (χ1n) is 12.0. The first kappa shape index (κ1) is 22.6. The van der Waals surface area contributed by atoms with E-state index < -0.39 is 0 Å². The summed E-state index contributed by atoms with van der Waals surface area (Å²) in [4.78, 5) is 6.20. The lowest BCUT2D eigenvalue weighted by molar-refractivity contribution is -0.486. The summed E-state index contributed by atoms with van der Waals surface area (Å²) < 4.78 is 1.98. The molecular weight excluding hydrogens is 432 g/mol. The highest BCUT2D eigenvalue weighted by Gasteiger charge is 2.20. The Bertz CT molecular complexity index is 1520. The number of nitrogens with zero attached hydrogens (tertiary/aromatic N) is 2. The SMILES string of the molecule is C=[n+]1ccc(=C2C=N[C-](CC(C)C)c3[cH-]c[s+]c32)cc1-c1cc(C(C)(C)C)c2ccccc2c1. The van der Waals surface area contributed by atoms with E-state index in [9.17, 15) is 0 Å². The van der Waals surface area contributed by atoms with Gasteiger partial charge in [0.05, 0.1) is 21.6 Å². The number of aromatic nitrogens is 1. The van der Waals surface area contributed by atoms with Crippen LogP contribution in [0.15, 0.2) is 71.2 Å². The Labute approximate surface area is 206 Å². The van der Waals surface area contributed by atoms with Gasteiger partial charge in [-0.15, -0.1) is 17.8 Å². The van der Waals surface area contributed by atoms with Gasteiger partial charge in [-0.05, 0) is 39.1 Å². The molecule has 3 heteroatoms. The van der Waals surface area contributed by atoms with Crippen molar-refractivity contribution in [1.29, 1.82) is 0 Å². The van der Waals surface area contributed by atoms with E-state index in [0.29, 0.717) is 5.92 Å². The molecule has 2 aromatic carbocycles. The summed E-state index contributed by atoms with van der Waals surface area (Å²) in [6.45, 7) is 15.7. The predicted molar refractivity (Wildman–Crippen MR) is 146 cm³/mol. The zero-order chi connectivity index (χ0) is 24.0. The molecule has 0 N–H and O–H groups in total. The first-order chi connectivity index (χ1) is 16.2. The molecule has 1 aliphatic rings. The van der Waals surface area contributed by atoms with Crippen LogP contribution >= 0.6 is 11.3 Å². The van der Waals surface area contributed by atoms with E-state index in [1.165, 1.54) is 49.2 Å². The molecule has 0 atom stereocenters. The van der Waals surface area contributed by atoms with Crippen molar-refractivity contribution in [3.63, 3.8) is 0 Å². The minimum absolute atomic E-state index is 0.0402. The summed E-state index contributed by atoms with van der Waals surface area (Å²) in [5.41, 5.74) is 6.16. The number of fused-ring (bicyclic) bond motifs is 2. The molecule has 3 heterocycles. The van der Waals surface area contributed by atoms with Crippen LogP contribution < -0.4 is 9.46 Å². The van der Waals surface area contributed by atoms with Gasteiger partial charge in [-0.2, -0.15) is 15.9 Å². The van der Waals surface area contributed by atoms with Gasteiger partial charge < -0.3 is 4.99 Å². The number of benzene rings is 2. The lowest BCUT2D eigenvalue weighted by Crippen LogP contribution is -2.23. The van der Waals surface area contributed by atoms with Crippen LogP contribution in [0.5, 0.6) is 0 Å². The van der Waals surface area contributed by atoms with Gasteiger partial charge in [0.15, 0.2) is 6.20 Å². The summed E-state index contributed by atoms with van der Waals surface area (Å²) >= 11 is 1.80. The monoisotopic (exact) mass is 464 g/mol. The molecule has 0 bridgehead atoms. The third-order valence-electron chi connectivity index (χ3n) is 6.48. The van der Waals surface area contributed by atoms with Crippen molar-refractivity contribution in [2.45, 2.75) is 46.5 Å². The molecule has 0 radical (unpaired) electrons. The number of hydrogen-bond acceptors (Lipinski definition) is 1. The van der Waals surface area contributed by atoms with Crippen LogP contribution in [0.1, 0.15) is 57.0 Å². The standard InChI is InChI=1S/C31H32N2S/c1-20(2)15-28-25-12-14-34-30(25)26(19-32-28)22-11-13-33(6)29(18-22)23-16-21-9-7-8-10-24(21)27(17-23)31(3,4)5/h7-14,16-20H,6,15H2,1-5H3. The molecule has 0 unspecified atom stereocenters. The van der Waals surface area contributed by atoms with Gasteiger partial charge in [0.1, 0.15) is 6.72 Å². The van der Waals surface area contributed by atoms with Crippen molar-refractivity contribution in [2.75, 3.05) is 0 Å². The summed E-state index contributed by atoms with van der Waals surface area (Å²) in [6.07, 6.45) is 5.13. The maximum absolute atomic E-state index is 4.89. The van der Waals surface area contributed by atoms with Crippen LogP contribution in [0.2, 0.25) is 0 Å². The van der Waals surface area contributed by atoms with Gasteiger partial charge in [0.25, 0.3) is 0 Å². The number of rotatable bonds is 3. The molecule has 1 aliphatic heterocycles. The Morgan fingerprint density at radius 3 is 2.68 bits per heavy atom. The van der Waals surface area contributed by atoms with Crippen molar-refractivity contribution in [3.8, 4) is 11.3 Å². The minimum atomic E-state index is 0.0402. The Hall–Kier alpha value is -3.17. The second-order valence-corrected chi connectivity index (χ2v) is 11.6. The van der Waals surface area contributed by atoms with Crippen molar-refractivity contribution in [2.24, 2.45) is 10.9 Å². The molecule has 2 aromatic heterocycles. The Balaban J connectivity index is 1.71. The third kappa shape index (κ3) is 4.10. The topological polar surface area (TPSA) is 18.3 Å².